The van der Waals surface area contributed by atoms with Gasteiger partial charge in [0, 0.05) is 24.8 Å². The van der Waals surface area contributed by atoms with Crippen molar-refractivity contribution in [3.8, 4) is 0 Å². The molecule has 0 aliphatic carbocycles. The molecule has 1 fully saturated rings. The molecular weight excluding hydrogens is 414 g/mol. The van der Waals surface area contributed by atoms with Crippen LogP contribution in [0.4, 0.5) is 5.69 Å². The highest BCUT2D eigenvalue weighted by atomic mass is 16.2. The highest BCUT2D eigenvalue weighted by Gasteiger charge is 2.39. The van der Waals surface area contributed by atoms with Crippen molar-refractivity contribution in [3.63, 3.8) is 0 Å². The monoisotopic (exact) mass is 443 g/mol. The molecule has 33 heavy (non-hydrogen) atoms. The molecule has 1 aromatic heterocycles. The maximum atomic E-state index is 13.3. The van der Waals surface area contributed by atoms with Crippen LogP contribution < -0.4 is 10.9 Å². The molecule has 1 aliphatic rings. The van der Waals surface area contributed by atoms with Crippen LogP contribution in [0.3, 0.4) is 0 Å². The summed E-state index contributed by atoms with van der Waals surface area (Å²) in [5.41, 5.74) is 2.02. The number of aryl methyl sites for hydroxylation is 1. The Balaban J connectivity index is 1.48. The molecule has 2 aromatic carbocycles. The molecule has 2 amide bonds. The van der Waals surface area contributed by atoms with Gasteiger partial charge in [-0.25, -0.2) is 0 Å². The van der Waals surface area contributed by atoms with Crippen LogP contribution in [0.2, 0.25) is 0 Å². The average molecular weight is 444 g/mol. The zero-order valence-electron chi connectivity index (χ0n) is 19.1. The molecule has 1 atom stereocenters. The number of aromatic nitrogens is 1. The van der Waals surface area contributed by atoms with E-state index in [4.69, 9.17) is 0 Å². The first-order valence-corrected chi connectivity index (χ1v) is 11.3. The van der Waals surface area contributed by atoms with Crippen LogP contribution in [-0.4, -0.2) is 34.4 Å². The van der Waals surface area contributed by atoms with Crippen LogP contribution in [-0.2, 0) is 11.3 Å². The Morgan fingerprint density at radius 3 is 2.45 bits per heavy atom. The van der Waals surface area contributed by atoms with E-state index in [-0.39, 0.29) is 23.1 Å². The molecule has 2 heterocycles. The topological polar surface area (TPSA) is 71.4 Å². The van der Waals surface area contributed by atoms with E-state index in [1.807, 2.05) is 56.3 Å². The van der Waals surface area contributed by atoms with Crippen LogP contribution in [0, 0.1) is 12.3 Å². The molecule has 1 unspecified atom stereocenters. The van der Waals surface area contributed by atoms with Gasteiger partial charge in [0.05, 0.1) is 12.0 Å². The lowest BCUT2D eigenvalue weighted by Gasteiger charge is -2.39. The Bertz CT molecular complexity index is 1200. The summed E-state index contributed by atoms with van der Waals surface area (Å²) in [5.74, 6) is -0.312. The fraction of sp³-hybridized carbons (Fsp3) is 0.296. The van der Waals surface area contributed by atoms with Crippen molar-refractivity contribution in [2.45, 2.75) is 33.2 Å². The Morgan fingerprint density at radius 2 is 1.73 bits per heavy atom. The fourth-order valence-corrected chi connectivity index (χ4v) is 4.28. The first-order chi connectivity index (χ1) is 15.9. The predicted octanol–water partition coefficient (Wildman–Crippen LogP) is 4.09. The number of hydrogen-bond acceptors (Lipinski definition) is 3. The number of nitrogens with zero attached hydrogens (tertiary/aromatic N) is 2. The van der Waals surface area contributed by atoms with Gasteiger partial charge >= 0.3 is 0 Å². The van der Waals surface area contributed by atoms with Gasteiger partial charge in [-0.05, 0) is 56.5 Å². The zero-order valence-corrected chi connectivity index (χ0v) is 19.1. The molecule has 0 spiro atoms. The van der Waals surface area contributed by atoms with E-state index in [0.717, 1.165) is 17.5 Å². The molecule has 6 nitrogen and oxygen atoms in total. The van der Waals surface area contributed by atoms with E-state index in [1.54, 1.807) is 39.9 Å². The maximum Gasteiger partial charge on any atom is 0.274 e. The SMILES string of the molecule is Cc1ccc(Cn2cccc(NC(=O)C3(C)CCCN(C(=O)c4ccccc4)C3)c2=O)cc1. The van der Waals surface area contributed by atoms with Crippen molar-refractivity contribution in [2.24, 2.45) is 5.41 Å². The second-order valence-electron chi connectivity index (χ2n) is 9.05. The van der Waals surface area contributed by atoms with Crippen molar-refractivity contribution in [2.75, 3.05) is 18.4 Å². The van der Waals surface area contributed by atoms with Crippen molar-refractivity contribution in [3.05, 3.63) is 100.0 Å². The van der Waals surface area contributed by atoms with Crippen LogP contribution >= 0.6 is 0 Å². The molecule has 6 heteroatoms. The Hall–Kier alpha value is -3.67. The molecule has 1 N–H and O–H groups in total. The minimum atomic E-state index is -0.771. The molecule has 170 valence electrons. The van der Waals surface area contributed by atoms with Gasteiger partial charge in [-0.1, -0.05) is 48.0 Å². The molecule has 3 aromatic rings. The van der Waals surface area contributed by atoms with E-state index in [9.17, 15) is 14.4 Å². The number of carbonyl (C=O) groups excluding carboxylic acids is 2. The van der Waals surface area contributed by atoms with Gasteiger partial charge in [-0.15, -0.1) is 0 Å². The number of piperidine rings is 1. The minimum Gasteiger partial charge on any atom is -0.338 e. The third-order valence-corrected chi connectivity index (χ3v) is 6.29. The van der Waals surface area contributed by atoms with Gasteiger partial charge in [0.1, 0.15) is 5.69 Å². The van der Waals surface area contributed by atoms with Crippen molar-refractivity contribution >= 4 is 17.5 Å². The Labute approximate surface area is 193 Å². The average Bonchev–Trinajstić information content (AvgIpc) is 2.83. The Kier molecular flexibility index (Phi) is 6.45. The summed E-state index contributed by atoms with van der Waals surface area (Å²) < 4.78 is 1.59. The Morgan fingerprint density at radius 1 is 1.00 bits per heavy atom. The highest BCUT2D eigenvalue weighted by molar-refractivity contribution is 5.97. The summed E-state index contributed by atoms with van der Waals surface area (Å²) in [6, 6.07) is 20.5. The maximum absolute atomic E-state index is 13.3. The molecule has 0 bridgehead atoms. The van der Waals surface area contributed by atoms with Crippen molar-refractivity contribution < 1.29 is 9.59 Å². The molecule has 1 aliphatic heterocycles. The molecule has 4 rings (SSSR count). The zero-order chi connectivity index (χ0) is 23.4. The number of amides is 2. The van der Waals surface area contributed by atoms with Gasteiger partial charge in [0.25, 0.3) is 11.5 Å². The largest absolute Gasteiger partial charge is 0.338 e. The number of rotatable bonds is 5. The summed E-state index contributed by atoms with van der Waals surface area (Å²) in [6.07, 6.45) is 3.11. The van der Waals surface area contributed by atoms with Gasteiger partial charge < -0.3 is 14.8 Å². The number of benzene rings is 2. The summed E-state index contributed by atoms with van der Waals surface area (Å²) in [4.78, 5) is 40.9. The molecular formula is C27H29N3O3. The van der Waals surface area contributed by atoms with Gasteiger partial charge in [-0.2, -0.15) is 0 Å². The van der Waals surface area contributed by atoms with Crippen molar-refractivity contribution in [1.82, 2.24) is 9.47 Å². The number of anilines is 1. The first kappa shape index (κ1) is 22.5. The summed E-state index contributed by atoms with van der Waals surface area (Å²) >= 11 is 0. The standard InChI is InChI=1S/C27H29N3O3/c1-20-11-13-21(14-12-20)18-29-16-6-10-23(25(29)32)28-26(33)27(2)15-7-17-30(19-27)24(31)22-8-4-3-5-9-22/h3-6,8-14,16H,7,15,17-19H2,1-2H3,(H,28,33). The number of nitrogens with one attached hydrogen (secondary N) is 1. The third-order valence-electron chi connectivity index (χ3n) is 6.29. The lowest BCUT2D eigenvalue weighted by molar-refractivity contribution is -0.127. The molecule has 1 saturated heterocycles. The predicted molar refractivity (Wildman–Crippen MR) is 129 cm³/mol. The lowest BCUT2D eigenvalue weighted by atomic mass is 9.80. The second-order valence-corrected chi connectivity index (χ2v) is 9.05. The van der Waals surface area contributed by atoms with Crippen LogP contribution in [0.5, 0.6) is 0 Å². The van der Waals surface area contributed by atoms with E-state index in [1.165, 1.54) is 0 Å². The van der Waals surface area contributed by atoms with Gasteiger partial charge in [0.2, 0.25) is 5.91 Å². The quantitative estimate of drug-likeness (QED) is 0.646. The van der Waals surface area contributed by atoms with Crippen molar-refractivity contribution in [1.29, 1.82) is 0 Å². The number of hydrogen-bond donors (Lipinski definition) is 1. The van der Waals surface area contributed by atoms with E-state index in [0.29, 0.717) is 31.6 Å². The number of likely N-dealkylation sites (tertiary alicyclic amines) is 1. The number of pyridine rings is 1. The normalized spacial score (nSPS) is 18.1. The first-order valence-electron chi connectivity index (χ1n) is 11.3. The summed E-state index contributed by atoms with van der Waals surface area (Å²) in [7, 11) is 0. The summed E-state index contributed by atoms with van der Waals surface area (Å²) in [6.45, 7) is 5.24. The van der Waals surface area contributed by atoms with E-state index in [2.05, 4.69) is 5.32 Å². The summed E-state index contributed by atoms with van der Waals surface area (Å²) in [5, 5.41) is 2.84. The smallest absolute Gasteiger partial charge is 0.274 e. The lowest BCUT2D eigenvalue weighted by Crippen LogP contribution is -2.50. The second kappa shape index (κ2) is 9.45. The highest BCUT2D eigenvalue weighted by Crippen LogP contribution is 2.31. The van der Waals surface area contributed by atoms with Crippen LogP contribution in [0.25, 0.3) is 0 Å². The van der Waals surface area contributed by atoms with Crippen LogP contribution in [0.15, 0.2) is 77.7 Å². The number of carbonyl (C=O) groups is 2. The molecule has 0 radical (unpaired) electrons. The van der Waals surface area contributed by atoms with E-state index >= 15 is 0 Å². The van der Waals surface area contributed by atoms with Gasteiger partial charge in [-0.3, -0.25) is 14.4 Å². The fourth-order valence-electron chi connectivity index (χ4n) is 4.28. The van der Waals surface area contributed by atoms with Gasteiger partial charge in [0.15, 0.2) is 0 Å². The third kappa shape index (κ3) is 5.06. The minimum absolute atomic E-state index is 0.0745. The van der Waals surface area contributed by atoms with Crippen LogP contribution in [0.1, 0.15) is 41.3 Å². The molecule has 0 saturated carbocycles. The van der Waals surface area contributed by atoms with E-state index < -0.39 is 5.41 Å².